The van der Waals surface area contributed by atoms with Gasteiger partial charge in [-0.1, -0.05) is 45.7 Å². The quantitative estimate of drug-likeness (QED) is 0.346. The first-order chi connectivity index (χ1) is 14.9. The highest BCUT2D eigenvalue weighted by Crippen LogP contribution is 2.23. The minimum Gasteiger partial charge on any atom is -0.484 e. The predicted molar refractivity (Wildman–Crippen MR) is 126 cm³/mol. The van der Waals surface area contributed by atoms with E-state index in [-0.39, 0.29) is 12.5 Å². The molecule has 0 saturated heterocycles. The zero-order valence-corrected chi connectivity index (χ0v) is 18.9. The molecule has 158 valence electrons. The average Bonchev–Trinajstić information content (AvgIpc) is 2.76. The summed E-state index contributed by atoms with van der Waals surface area (Å²) < 4.78 is 6.36. The van der Waals surface area contributed by atoms with Crippen LogP contribution >= 0.6 is 27.5 Å². The van der Waals surface area contributed by atoms with Crippen molar-refractivity contribution in [3.05, 3.63) is 92.9 Å². The van der Waals surface area contributed by atoms with Crippen molar-refractivity contribution in [2.24, 2.45) is 5.10 Å². The van der Waals surface area contributed by atoms with Crippen molar-refractivity contribution >= 4 is 51.2 Å². The molecule has 0 aliphatic rings. The molecule has 0 saturated carbocycles. The minimum atomic E-state index is -0.399. The number of benzene rings is 3. The molecule has 3 rings (SSSR count). The number of hydrogen-bond donors (Lipinski definition) is 2. The molecular weight excluding hydrogens is 482 g/mol. The highest BCUT2D eigenvalue weighted by Gasteiger charge is 2.10. The van der Waals surface area contributed by atoms with Crippen molar-refractivity contribution in [2.45, 2.75) is 6.92 Å². The molecule has 0 aliphatic carbocycles. The lowest BCUT2D eigenvalue weighted by Gasteiger charge is -2.10. The summed E-state index contributed by atoms with van der Waals surface area (Å²) in [7, 11) is 0. The number of hydrogen-bond acceptors (Lipinski definition) is 4. The summed E-state index contributed by atoms with van der Waals surface area (Å²) in [5.74, 6) is -0.206. The fourth-order valence-corrected chi connectivity index (χ4v) is 3.18. The Bertz CT molecular complexity index is 1120. The van der Waals surface area contributed by atoms with Crippen LogP contribution in [0, 0.1) is 6.92 Å². The van der Waals surface area contributed by atoms with Crippen molar-refractivity contribution in [3.63, 3.8) is 0 Å². The molecule has 0 fully saturated rings. The molecule has 2 amide bonds. The van der Waals surface area contributed by atoms with Gasteiger partial charge in [-0.25, -0.2) is 5.43 Å². The predicted octanol–water partition coefficient (Wildman–Crippen LogP) is 5.19. The van der Waals surface area contributed by atoms with Crippen LogP contribution in [0.3, 0.4) is 0 Å². The Labute approximate surface area is 193 Å². The number of halogens is 2. The van der Waals surface area contributed by atoms with Gasteiger partial charge in [0.05, 0.1) is 6.21 Å². The SMILES string of the molecule is Cc1c(Cl)cccc1NC(=O)c1ccc(OCC(=O)N/N=C/c2cccc(Br)c2)cc1. The molecule has 2 N–H and O–H groups in total. The van der Waals surface area contributed by atoms with E-state index < -0.39 is 5.91 Å². The maximum absolute atomic E-state index is 12.4. The summed E-state index contributed by atoms with van der Waals surface area (Å²) in [6.07, 6.45) is 1.54. The standard InChI is InChI=1S/C23H19BrClN3O3/c1-15-20(25)6-3-7-21(15)27-23(30)17-8-10-19(11-9-17)31-14-22(29)28-26-13-16-4-2-5-18(24)12-16/h2-13H,14H2,1H3,(H,27,30)(H,28,29)/b26-13+. The van der Waals surface area contributed by atoms with Gasteiger partial charge in [-0.15, -0.1) is 0 Å². The van der Waals surface area contributed by atoms with Crippen LogP contribution in [0.4, 0.5) is 5.69 Å². The van der Waals surface area contributed by atoms with Crippen LogP contribution in [-0.4, -0.2) is 24.6 Å². The molecule has 31 heavy (non-hydrogen) atoms. The number of hydrazone groups is 1. The average molecular weight is 501 g/mol. The fraction of sp³-hybridized carbons (Fsp3) is 0.0870. The van der Waals surface area contributed by atoms with E-state index in [0.717, 1.165) is 15.6 Å². The molecule has 0 bridgehead atoms. The lowest BCUT2D eigenvalue weighted by atomic mass is 10.1. The highest BCUT2D eigenvalue weighted by atomic mass is 79.9. The summed E-state index contributed by atoms with van der Waals surface area (Å²) in [5.41, 5.74) is 5.15. The van der Waals surface area contributed by atoms with Crippen molar-refractivity contribution in [2.75, 3.05) is 11.9 Å². The third kappa shape index (κ3) is 6.67. The second-order valence-corrected chi connectivity index (χ2v) is 7.85. The summed E-state index contributed by atoms with van der Waals surface area (Å²) in [5, 5.41) is 7.31. The summed E-state index contributed by atoms with van der Waals surface area (Å²) in [4.78, 5) is 24.3. The van der Waals surface area contributed by atoms with Crippen molar-refractivity contribution in [1.29, 1.82) is 0 Å². The van der Waals surface area contributed by atoms with E-state index in [0.29, 0.717) is 22.0 Å². The highest BCUT2D eigenvalue weighted by molar-refractivity contribution is 9.10. The number of carbonyl (C=O) groups is 2. The molecule has 0 aliphatic heterocycles. The fourth-order valence-electron chi connectivity index (χ4n) is 2.59. The third-order valence-corrected chi connectivity index (χ3v) is 5.16. The molecule has 0 heterocycles. The van der Waals surface area contributed by atoms with E-state index in [1.807, 2.05) is 31.2 Å². The van der Waals surface area contributed by atoms with E-state index in [1.54, 1.807) is 42.5 Å². The number of ether oxygens (including phenoxy) is 1. The first-order valence-electron chi connectivity index (χ1n) is 9.29. The van der Waals surface area contributed by atoms with Gasteiger partial charge in [0, 0.05) is 20.7 Å². The van der Waals surface area contributed by atoms with E-state index in [1.165, 1.54) is 6.21 Å². The molecule has 3 aromatic carbocycles. The Balaban J connectivity index is 1.49. The number of nitrogens with zero attached hydrogens (tertiary/aromatic N) is 1. The van der Waals surface area contributed by atoms with Crippen LogP contribution in [0.2, 0.25) is 5.02 Å². The third-order valence-electron chi connectivity index (χ3n) is 4.25. The zero-order valence-electron chi connectivity index (χ0n) is 16.6. The van der Waals surface area contributed by atoms with E-state index in [9.17, 15) is 9.59 Å². The van der Waals surface area contributed by atoms with Crippen LogP contribution in [0.25, 0.3) is 0 Å². The van der Waals surface area contributed by atoms with Gasteiger partial charge < -0.3 is 10.1 Å². The minimum absolute atomic E-state index is 0.205. The Hall–Kier alpha value is -3.16. The van der Waals surface area contributed by atoms with Crippen molar-refractivity contribution < 1.29 is 14.3 Å². The summed E-state index contributed by atoms with van der Waals surface area (Å²) >= 11 is 9.45. The second kappa shape index (κ2) is 10.7. The number of rotatable bonds is 7. The first kappa shape index (κ1) is 22.5. The Morgan fingerprint density at radius 2 is 1.84 bits per heavy atom. The monoisotopic (exact) mass is 499 g/mol. The largest absolute Gasteiger partial charge is 0.484 e. The number of anilines is 1. The molecule has 0 aromatic heterocycles. The lowest BCUT2D eigenvalue weighted by molar-refractivity contribution is -0.123. The number of nitrogens with one attached hydrogen (secondary N) is 2. The number of carbonyl (C=O) groups excluding carboxylic acids is 2. The maximum Gasteiger partial charge on any atom is 0.277 e. The normalized spacial score (nSPS) is 10.7. The van der Waals surface area contributed by atoms with Crippen molar-refractivity contribution in [3.8, 4) is 5.75 Å². The molecule has 8 heteroatoms. The Kier molecular flexibility index (Phi) is 7.81. The van der Waals surface area contributed by atoms with Crippen LogP contribution < -0.4 is 15.5 Å². The van der Waals surface area contributed by atoms with Gasteiger partial charge in [-0.05, 0) is 66.6 Å². The summed E-state index contributed by atoms with van der Waals surface area (Å²) in [6.45, 7) is 1.63. The van der Waals surface area contributed by atoms with Gasteiger partial charge in [0.25, 0.3) is 11.8 Å². The second-order valence-electron chi connectivity index (χ2n) is 6.53. The maximum atomic E-state index is 12.4. The van der Waals surface area contributed by atoms with E-state index in [4.69, 9.17) is 16.3 Å². The Morgan fingerprint density at radius 1 is 1.10 bits per heavy atom. The molecule has 0 radical (unpaired) electrons. The van der Waals surface area contributed by atoms with Gasteiger partial charge in [0.1, 0.15) is 5.75 Å². The smallest absolute Gasteiger partial charge is 0.277 e. The van der Waals surface area contributed by atoms with Gasteiger partial charge in [-0.2, -0.15) is 5.10 Å². The van der Waals surface area contributed by atoms with E-state index >= 15 is 0 Å². The van der Waals surface area contributed by atoms with Gasteiger partial charge >= 0.3 is 0 Å². The van der Waals surface area contributed by atoms with Crippen LogP contribution in [0.5, 0.6) is 5.75 Å². The molecule has 3 aromatic rings. The van der Waals surface area contributed by atoms with Crippen LogP contribution in [0.1, 0.15) is 21.5 Å². The lowest BCUT2D eigenvalue weighted by Crippen LogP contribution is -2.24. The molecule has 0 unspecified atom stereocenters. The number of amides is 2. The van der Waals surface area contributed by atoms with Gasteiger partial charge in [-0.3, -0.25) is 9.59 Å². The van der Waals surface area contributed by atoms with Crippen LogP contribution in [0.15, 0.2) is 76.3 Å². The Morgan fingerprint density at radius 3 is 2.58 bits per heavy atom. The molecular formula is C23H19BrClN3O3. The molecule has 6 nitrogen and oxygen atoms in total. The van der Waals surface area contributed by atoms with Gasteiger partial charge in [0.15, 0.2) is 6.61 Å². The van der Waals surface area contributed by atoms with Gasteiger partial charge in [0.2, 0.25) is 0 Å². The first-order valence-corrected chi connectivity index (χ1v) is 10.5. The molecule has 0 spiro atoms. The van der Waals surface area contributed by atoms with Crippen molar-refractivity contribution in [1.82, 2.24) is 5.43 Å². The zero-order chi connectivity index (χ0) is 22.2. The van der Waals surface area contributed by atoms with E-state index in [2.05, 4.69) is 31.8 Å². The topological polar surface area (TPSA) is 79.8 Å². The van der Waals surface area contributed by atoms with Crippen LogP contribution in [-0.2, 0) is 4.79 Å². The molecule has 0 atom stereocenters. The summed E-state index contributed by atoms with van der Waals surface area (Å²) in [6, 6.07) is 19.3.